The fourth-order valence-electron chi connectivity index (χ4n) is 2.87. The number of Topliss-reactive ketones (excluding diaryl/α,β-unsaturated/α-hetero) is 1. The average molecular weight is 242 g/mol. The van der Waals surface area contributed by atoms with E-state index in [4.69, 9.17) is 0 Å². The Bertz CT molecular complexity index is 579. The molecule has 0 atom stereocenters. The summed E-state index contributed by atoms with van der Waals surface area (Å²) in [5.41, 5.74) is 3.10. The Hall–Kier alpha value is -1.61. The average Bonchev–Trinajstić information content (AvgIpc) is 2.84. The normalized spacial score (nSPS) is 17.2. The summed E-state index contributed by atoms with van der Waals surface area (Å²) in [7, 11) is 0. The quantitative estimate of drug-likeness (QED) is 0.795. The number of carbonyl (C=O) groups excluding carboxylic acids is 1. The first kappa shape index (κ1) is 11.5. The number of hydrogen-bond acceptors (Lipinski definition) is 2. The highest BCUT2D eigenvalue weighted by Gasteiger charge is 2.24. The molecule has 0 radical (unpaired) electrons. The lowest BCUT2D eigenvalue weighted by Gasteiger charge is -2.21. The number of hydrogen-bond donors (Lipinski definition) is 2. The highest BCUT2D eigenvalue weighted by Crippen LogP contribution is 2.26. The molecule has 0 saturated carbocycles. The van der Waals surface area contributed by atoms with Gasteiger partial charge in [0, 0.05) is 28.6 Å². The van der Waals surface area contributed by atoms with E-state index in [1.807, 2.05) is 18.3 Å². The molecule has 94 valence electrons. The van der Waals surface area contributed by atoms with Crippen LogP contribution in [-0.4, -0.2) is 23.9 Å². The number of piperidine rings is 1. The number of aryl methyl sites for hydroxylation is 1. The van der Waals surface area contributed by atoms with Crippen LogP contribution in [0.15, 0.2) is 24.4 Å². The maximum atomic E-state index is 12.6. The summed E-state index contributed by atoms with van der Waals surface area (Å²) >= 11 is 0. The molecule has 2 heterocycles. The van der Waals surface area contributed by atoms with Crippen LogP contribution >= 0.6 is 0 Å². The Balaban J connectivity index is 2.01. The number of fused-ring (bicyclic) bond motifs is 1. The van der Waals surface area contributed by atoms with Gasteiger partial charge in [-0.1, -0.05) is 12.1 Å². The van der Waals surface area contributed by atoms with Gasteiger partial charge in [-0.05, 0) is 44.5 Å². The molecule has 1 aliphatic rings. The van der Waals surface area contributed by atoms with E-state index in [1.54, 1.807) is 0 Å². The van der Waals surface area contributed by atoms with Crippen molar-refractivity contribution >= 4 is 16.7 Å². The van der Waals surface area contributed by atoms with Crippen LogP contribution in [-0.2, 0) is 0 Å². The predicted octanol–water partition coefficient (Wildman–Crippen LogP) is 2.66. The summed E-state index contributed by atoms with van der Waals surface area (Å²) < 4.78 is 0. The van der Waals surface area contributed by atoms with E-state index >= 15 is 0 Å². The van der Waals surface area contributed by atoms with Crippen molar-refractivity contribution in [1.82, 2.24) is 10.3 Å². The van der Waals surface area contributed by atoms with E-state index < -0.39 is 0 Å². The maximum Gasteiger partial charge on any atom is 0.168 e. The van der Waals surface area contributed by atoms with Crippen LogP contribution in [0.3, 0.4) is 0 Å². The van der Waals surface area contributed by atoms with Crippen LogP contribution < -0.4 is 5.32 Å². The number of benzene rings is 1. The Morgan fingerprint density at radius 3 is 2.83 bits per heavy atom. The molecule has 0 spiro atoms. The molecule has 1 aromatic heterocycles. The second-order valence-electron chi connectivity index (χ2n) is 5.09. The maximum absolute atomic E-state index is 12.6. The molecule has 3 rings (SSSR count). The van der Waals surface area contributed by atoms with Crippen molar-refractivity contribution in [3.05, 3.63) is 35.5 Å². The van der Waals surface area contributed by atoms with Crippen molar-refractivity contribution in [1.29, 1.82) is 0 Å². The van der Waals surface area contributed by atoms with Crippen molar-refractivity contribution in [3.8, 4) is 0 Å². The Labute approximate surface area is 107 Å². The third-order valence-corrected chi connectivity index (χ3v) is 3.89. The van der Waals surface area contributed by atoms with E-state index in [2.05, 4.69) is 23.3 Å². The molecule has 18 heavy (non-hydrogen) atoms. The van der Waals surface area contributed by atoms with Gasteiger partial charge in [-0.3, -0.25) is 4.79 Å². The first-order valence-corrected chi connectivity index (χ1v) is 6.59. The van der Waals surface area contributed by atoms with E-state index in [-0.39, 0.29) is 5.92 Å². The molecule has 2 aromatic rings. The van der Waals surface area contributed by atoms with Crippen molar-refractivity contribution in [3.63, 3.8) is 0 Å². The van der Waals surface area contributed by atoms with Crippen molar-refractivity contribution in [2.75, 3.05) is 13.1 Å². The number of rotatable bonds is 2. The van der Waals surface area contributed by atoms with Gasteiger partial charge in [0.1, 0.15) is 0 Å². The molecule has 3 nitrogen and oxygen atoms in total. The molecule has 2 N–H and O–H groups in total. The minimum atomic E-state index is 0.185. The number of H-pyrrole nitrogens is 1. The molecule has 1 fully saturated rings. The number of aromatic nitrogens is 1. The second kappa shape index (κ2) is 4.58. The van der Waals surface area contributed by atoms with E-state index in [9.17, 15) is 4.79 Å². The Kier molecular flexibility index (Phi) is 2.92. The molecule has 0 aliphatic carbocycles. The van der Waals surface area contributed by atoms with Gasteiger partial charge in [-0.2, -0.15) is 0 Å². The monoisotopic (exact) mass is 242 g/mol. The van der Waals surface area contributed by atoms with Gasteiger partial charge in [0.25, 0.3) is 0 Å². The van der Waals surface area contributed by atoms with Gasteiger partial charge in [-0.15, -0.1) is 0 Å². The van der Waals surface area contributed by atoms with Gasteiger partial charge in [0.05, 0.1) is 0 Å². The zero-order valence-electron chi connectivity index (χ0n) is 10.6. The molecule has 0 amide bonds. The standard InChI is InChI=1S/C15H18N2O/c1-10-3-2-4-13-14(10)12(9-17-13)15(18)11-5-7-16-8-6-11/h2-4,9,11,16-17H,5-8H2,1H3. The van der Waals surface area contributed by atoms with Crippen LogP contribution in [0.5, 0.6) is 0 Å². The van der Waals surface area contributed by atoms with Gasteiger partial charge >= 0.3 is 0 Å². The zero-order chi connectivity index (χ0) is 12.5. The van der Waals surface area contributed by atoms with E-state index in [0.717, 1.165) is 42.4 Å². The summed E-state index contributed by atoms with van der Waals surface area (Å²) in [6.45, 7) is 3.98. The lowest BCUT2D eigenvalue weighted by molar-refractivity contribution is 0.0897. The van der Waals surface area contributed by atoms with Crippen LogP contribution in [0.2, 0.25) is 0 Å². The molecule has 1 aliphatic heterocycles. The fraction of sp³-hybridized carbons (Fsp3) is 0.400. The van der Waals surface area contributed by atoms with Crippen molar-refractivity contribution in [2.24, 2.45) is 5.92 Å². The third kappa shape index (κ3) is 1.85. The summed E-state index contributed by atoms with van der Waals surface area (Å²) in [4.78, 5) is 15.8. The van der Waals surface area contributed by atoms with Gasteiger partial charge in [0.15, 0.2) is 5.78 Å². The number of aromatic amines is 1. The third-order valence-electron chi connectivity index (χ3n) is 3.89. The summed E-state index contributed by atoms with van der Waals surface area (Å²) in [6, 6.07) is 6.11. The summed E-state index contributed by atoms with van der Waals surface area (Å²) in [6.07, 6.45) is 3.79. The molecule has 0 unspecified atom stereocenters. The molecule has 1 saturated heterocycles. The SMILES string of the molecule is Cc1cccc2[nH]cc(C(=O)C3CCNCC3)c12. The van der Waals surface area contributed by atoms with Gasteiger partial charge in [0.2, 0.25) is 0 Å². The fourth-order valence-corrected chi connectivity index (χ4v) is 2.87. The van der Waals surface area contributed by atoms with Crippen LogP contribution in [0.1, 0.15) is 28.8 Å². The summed E-state index contributed by atoms with van der Waals surface area (Å²) in [5.74, 6) is 0.488. The minimum Gasteiger partial charge on any atom is -0.360 e. The molecule has 1 aromatic carbocycles. The number of carbonyl (C=O) groups is 1. The minimum absolute atomic E-state index is 0.185. The van der Waals surface area contributed by atoms with Gasteiger partial charge < -0.3 is 10.3 Å². The zero-order valence-corrected chi connectivity index (χ0v) is 10.6. The lowest BCUT2D eigenvalue weighted by Crippen LogP contribution is -2.31. The molecular weight excluding hydrogens is 224 g/mol. The Morgan fingerprint density at radius 1 is 1.28 bits per heavy atom. The highest BCUT2D eigenvalue weighted by molar-refractivity contribution is 6.09. The first-order valence-electron chi connectivity index (χ1n) is 6.59. The lowest BCUT2D eigenvalue weighted by atomic mass is 9.89. The highest BCUT2D eigenvalue weighted by atomic mass is 16.1. The molecule has 0 bridgehead atoms. The largest absolute Gasteiger partial charge is 0.360 e. The van der Waals surface area contributed by atoms with E-state index in [1.165, 1.54) is 5.56 Å². The van der Waals surface area contributed by atoms with Gasteiger partial charge in [-0.25, -0.2) is 0 Å². The number of nitrogens with one attached hydrogen (secondary N) is 2. The van der Waals surface area contributed by atoms with Crippen LogP contribution in [0, 0.1) is 12.8 Å². The second-order valence-corrected chi connectivity index (χ2v) is 5.09. The topological polar surface area (TPSA) is 44.9 Å². The molecular formula is C15H18N2O. The first-order chi connectivity index (χ1) is 8.77. The summed E-state index contributed by atoms with van der Waals surface area (Å²) in [5, 5.41) is 4.40. The van der Waals surface area contributed by atoms with Crippen molar-refractivity contribution < 1.29 is 4.79 Å². The van der Waals surface area contributed by atoms with Crippen LogP contribution in [0.25, 0.3) is 10.9 Å². The molecule has 3 heteroatoms. The van der Waals surface area contributed by atoms with Crippen molar-refractivity contribution in [2.45, 2.75) is 19.8 Å². The van der Waals surface area contributed by atoms with E-state index in [0.29, 0.717) is 5.78 Å². The number of ketones is 1. The Morgan fingerprint density at radius 2 is 2.06 bits per heavy atom. The van der Waals surface area contributed by atoms with Crippen LogP contribution in [0.4, 0.5) is 0 Å². The predicted molar refractivity (Wildman–Crippen MR) is 73.0 cm³/mol. The smallest absolute Gasteiger partial charge is 0.168 e.